The van der Waals surface area contributed by atoms with Crippen LogP contribution in [0.4, 0.5) is 0 Å². The summed E-state index contributed by atoms with van der Waals surface area (Å²) in [6.45, 7) is 24.1. The molecule has 0 spiro atoms. The molecule has 8 heteroatoms. The third-order valence-electron chi connectivity index (χ3n) is 25.0. The van der Waals surface area contributed by atoms with E-state index in [0.29, 0.717) is 28.7 Å². The highest BCUT2D eigenvalue weighted by Crippen LogP contribution is 2.48. The third kappa shape index (κ3) is 11.9. The molecular weight excluding hydrogens is 1460 g/mol. The van der Waals surface area contributed by atoms with Crippen LogP contribution in [-0.4, -0.2) is 18.3 Å². The Morgan fingerprint density at radius 3 is 0.925 bits per heavy atom. The van der Waals surface area contributed by atoms with Crippen molar-refractivity contribution in [1.29, 1.82) is 21.0 Å². The summed E-state index contributed by atoms with van der Waals surface area (Å²) in [5.41, 5.74) is 40.7. The second-order valence-corrected chi connectivity index (χ2v) is 33.2. The number of aromatic nitrogens is 4. The zero-order valence-corrected chi connectivity index (χ0v) is 68.9. The molecule has 0 aliphatic heterocycles. The fourth-order valence-corrected chi connectivity index (χ4v) is 20.5. The molecule has 0 aliphatic rings. The Bertz CT molecular complexity index is 8000. The molecule has 0 aliphatic carbocycles. The van der Waals surface area contributed by atoms with Gasteiger partial charge in [0.2, 0.25) is 0 Å². The Morgan fingerprint density at radius 2 is 0.525 bits per heavy atom. The lowest BCUT2D eigenvalue weighted by Gasteiger charge is -2.19. The van der Waals surface area contributed by atoms with Gasteiger partial charge in [-0.25, -0.2) is 0 Å². The molecule has 0 atom stereocenters. The summed E-state index contributed by atoms with van der Waals surface area (Å²) in [5, 5.41) is 53.9. The van der Waals surface area contributed by atoms with Crippen LogP contribution in [0, 0.1) is 121 Å². The van der Waals surface area contributed by atoms with Crippen molar-refractivity contribution < 1.29 is 0 Å². The van der Waals surface area contributed by atoms with Crippen molar-refractivity contribution in [1.82, 2.24) is 18.3 Å². The first-order valence-electron chi connectivity index (χ1n) is 41.0. The Balaban J connectivity index is 0.787. The van der Waals surface area contributed by atoms with E-state index in [0.717, 1.165) is 182 Å². The fourth-order valence-electron chi connectivity index (χ4n) is 20.5. The van der Waals surface area contributed by atoms with Gasteiger partial charge in [0.1, 0.15) is 23.3 Å². The summed E-state index contributed by atoms with van der Waals surface area (Å²) in [6, 6.07) is 113. The summed E-state index contributed by atoms with van der Waals surface area (Å²) in [7, 11) is 0. The summed E-state index contributed by atoms with van der Waals surface area (Å²) in [4.78, 5) is 0. The second kappa shape index (κ2) is 28.5. The van der Waals surface area contributed by atoms with Crippen molar-refractivity contribution in [3.05, 3.63) is 380 Å². The van der Waals surface area contributed by atoms with E-state index in [-0.39, 0.29) is 0 Å². The van der Waals surface area contributed by atoms with Gasteiger partial charge in [-0.1, -0.05) is 192 Å². The number of para-hydroxylation sites is 3. The maximum atomic E-state index is 12.2. The molecule has 4 heterocycles. The minimum Gasteiger partial charge on any atom is -0.308 e. The summed E-state index contributed by atoms with van der Waals surface area (Å²) < 4.78 is 9.19. The van der Waals surface area contributed by atoms with Gasteiger partial charge in [0.15, 0.2) is 0 Å². The Kier molecular flexibility index (Phi) is 17.5. The molecule has 20 rings (SSSR count). The molecule has 8 nitrogen and oxygen atoms in total. The van der Waals surface area contributed by atoms with Crippen molar-refractivity contribution in [2.75, 3.05) is 0 Å². The first kappa shape index (κ1) is 73.6. The van der Waals surface area contributed by atoms with Crippen LogP contribution in [0.3, 0.4) is 0 Å². The molecule has 0 radical (unpaired) electrons. The average Bonchev–Trinajstić information content (AvgIpc) is 1.55. The SMILES string of the molecule is Cc1cc(C)c(-c2ccc3c(c2)c2ccccc2n3-c2cc(-c3cccc(C#N)c3)cc(-n3c4ccc(Cc5cc(C)cc(C)c5-c5ccc6c7ccccc7n(-c7cc(-c8cccc(C#N)c8)cc(-n8c9ccccc9c9ccc(-c%10c(C)cc(C)cc%10C)cc98)c7C#N)c6c5)cc4c4cc(-c5c(C)cc(C)cc5C)ccc43)c2C#N)c(C)c1. The van der Waals surface area contributed by atoms with E-state index >= 15 is 0 Å². The highest BCUT2D eigenvalue weighted by atomic mass is 15.0. The van der Waals surface area contributed by atoms with Gasteiger partial charge in [-0.15, -0.1) is 0 Å². The van der Waals surface area contributed by atoms with Crippen LogP contribution in [-0.2, 0) is 6.42 Å². The van der Waals surface area contributed by atoms with Gasteiger partial charge in [-0.05, 0) is 315 Å². The van der Waals surface area contributed by atoms with Gasteiger partial charge in [-0.3, -0.25) is 0 Å². The third-order valence-corrected chi connectivity index (χ3v) is 25.0. The number of rotatable bonds is 12. The van der Waals surface area contributed by atoms with Crippen molar-refractivity contribution in [3.63, 3.8) is 0 Å². The molecule has 0 saturated carbocycles. The molecule has 0 amide bonds. The summed E-state index contributed by atoms with van der Waals surface area (Å²) >= 11 is 0. The average molecular weight is 1540 g/mol. The van der Waals surface area contributed by atoms with Gasteiger partial charge in [-0.2, -0.15) is 21.0 Å². The van der Waals surface area contributed by atoms with E-state index < -0.39 is 0 Å². The zero-order chi connectivity index (χ0) is 82.4. The topological polar surface area (TPSA) is 115 Å². The first-order chi connectivity index (χ1) is 58.3. The van der Waals surface area contributed by atoms with Gasteiger partial charge in [0.05, 0.1) is 90.1 Å². The smallest absolute Gasteiger partial charge is 0.104 e. The van der Waals surface area contributed by atoms with Gasteiger partial charge in [0, 0.05) is 43.1 Å². The quantitative estimate of drug-likeness (QED) is 0.121. The number of hydrogen-bond donors (Lipinski definition) is 0. The first-order valence-corrected chi connectivity index (χ1v) is 41.0. The van der Waals surface area contributed by atoms with Crippen LogP contribution in [0.1, 0.15) is 94.6 Å². The summed E-state index contributed by atoms with van der Waals surface area (Å²) in [5.74, 6) is 0. The van der Waals surface area contributed by atoms with E-state index in [1.54, 1.807) is 0 Å². The van der Waals surface area contributed by atoms with Crippen LogP contribution in [0.15, 0.2) is 285 Å². The molecule has 20 aromatic rings. The lowest BCUT2D eigenvalue weighted by molar-refractivity contribution is 1.12. The second-order valence-electron chi connectivity index (χ2n) is 33.2. The molecule has 120 heavy (non-hydrogen) atoms. The Labute approximate surface area is 698 Å². The molecule has 16 aromatic carbocycles. The van der Waals surface area contributed by atoms with Gasteiger partial charge < -0.3 is 18.3 Å². The number of nitriles is 4. The number of benzene rings is 16. The monoisotopic (exact) mass is 1540 g/mol. The molecule has 570 valence electrons. The summed E-state index contributed by atoms with van der Waals surface area (Å²) in [6.07, 6.45) is 0.587. The maximum absolute atomic E-state index is 12.2. The molecule has 4 aromatic heterocycles. The molecule has 0 unspecified atom stereocenters. The Morgan fingerprint density at radius 1 is 0.217 bits per heavy atom. The highest BCUT2D eigenvalue weighted by molar-refractivity contribution is 6.15. The van der Waals surface area contributed by atoms with Crippen LogP contribution in [0.5, 0.6) is 0 Å². The normalized spacial score (nSPS) is 11.6. The number of fused-ring (bicyclic) bond motifs is 12. The van der Waals surface area contributed by atoms with E-state index in [4.69, 9.17) is 0 Å². The van der Waals surface area contributed by atoms with Crippen molar-refractivity contribution in [3.8, 4) is 114 Å². The number of hydrogen-bond acceptors (Lipinski definition) is 4. The number of aryl methyl sites for hydroxylation is 11. The van der Waals surface area contributed by atoms with E-state index in [9.17, 15) is 21.0 Å². The van der Waals surface area contributed by atoms with E-state index in [2.05, 4.69) is 367 Å². The standard InChI is InChI=1S/C112H82N8/c1-64-40-68(5)109(69(6)41-64)80-33-38-101-93(52-80)89-26-14-17-29-99(89)117(101)105-56-84(78-22-18-20-76(49-78)60-113)57-106(95(105)62-115)118-100-37-30-75(51-92(100)94-53-81(34-39-102(94)118)110-70(7)42-65(2)43-71(110)8)48-86-47-67(4)46-74(11)112(86)83-32-36-91-88-25-13-16-28-98(88)120(104(91)55-83)108-59-85(79-23-19-21-77(50-79)61-114)58-107(96(108)63-116)119-97-27-15-12-24-87(97)90-35-31-82(54-103(90)119)111-72(9)44-66(3)45-73(111)10/h12-47,49-59H,48H2,1-11H3. The van der Waals surface area contributed by atoms with Crippen molar-refractivity contribution in [2.24, 2.45) is 0 Å². The van der Waals surface area contributed by atoms with Crippen LogP contribution in [0.2, 0.25) is 0 Å². The van der Waals surface area contributed by atoms with Crippen LogP contribution >= 0.6 is 0 Å². The van der Waals surface area contributed by atoms with Crippen molar-refractivity contribution >= 4 is 87.2 Å². The van der Waals surface area contributed by atoms with Crippen LogP contribution in [0.25, 0.3) is 177 Å². The minimum atomic E-state index is 0.502. The zero-order valence-electron chi connectivity index (χ0n) is 68.9. The van der Waals surface area contributed by atoms with Crippen LogP contribution < -0.4 is 0 Å². The highest BCUT2D eigenvalue weighted by Gasteiger charge is 2.29. The number of nitrogens with zero attached hydrogens (tertiary/aromatic N) is 8. The lowest BCUT2D eigenvalue weighted by atomic mass is 9.89. The van der Waals surface area contributed by atoms with E-state index in [1.807, 2.05) is 36.4 Å². The largest absolute Gasteiger partial charge is 0.308 e. The predicted octanol–water partition coefficient (Wildman–Crippen LogP) is 28.5. The molecule has 0 saturated heterocycles. The molecular formula is C112H82N8. The van der Waals surface area contributed by atoms with Gasteiger partial charge >= 0.3 is 0 Å². The minimum absolute atomic E-state index is 0.502. The molecule has 0 N–H and O–H groups in total. The lowest BCUT2D eigenvalue weighted by Crippen LogP contribution is -2.05. The maximum Gasteiger partial charge on any atom is 0.104 e. The predicted molar refractivity (Wildman–Crippen MR) is 497 cm³/mol. The molecule has 0 fully saturated rings. The van der Waals surface area contributed by atoms with E-state index in [1.165, 1.54) is 66.8 Å². The fraction of sp³-hybridized carbons (Fsp3) is 0.107. The van der Waals surface area contributed by atoms with Gasteiger partial charge in [0.25, 0.3) is 0 Å². The van der Waals surface area contributed by atoms with Crippen molar-refractivity contribution in [2.45, 2.75) is 82.6 Å². The molecule has 0 bridgehead atoms. The Hall–Kier alpha value is -15.3.